The number of carboxylic acid groups (broad SMARTS) is 2. The molecule has 0 radical (unpaired) electrons. The van der Waals surface area contributed by atoms with E-state index in [0.29, 0.717) is 12.8 Å². The van der Waals surface area contributed by atoms with Gasteiger partial charge in [0.05, 0.1) is 5.92 Å². The molecule has 14 heavy (non-hydrogen) atoms. The van der Waals surface area contributed by atoms with E-state index in [2.05, 4.69) is 0 Å². The molecule has 4 atom stereocenters. The van der Waals surface area contributed by atoms with Crippen LogP contribution in [-0.4, -0.2) is 27.7 Å². The van der Waals surface area contributed by atoms with Gasteiger partial charge in [0.15, 0.2) is 0 Å². The van der Waals surface area contributed by atoms with Crippen LogP contribution >= 0.6 is 0 Å². The molecule has 2 fully saturated rings. The highest BCUT2D eigenvalue weighted by atomic mass is 16.4. The number of nitrogens with two attached hydrogens (primary N) is 1. The molecule has 4 N–H and O–H groups in total. The van der Waals surface area contributed by atoms with Crippen molar-refractivity contribution in [1.29, 1.82) is 0 Å². The zero-order valence-corrected chi connectivity index (χ0v) is 7.64. The molecule has 5 nitrogen and oxygen atoms in total. The van der Waals surface area contributed by atoms with Crippen molar-refractivity contribution in [1.82, 2.24) is 0 Å². The number of hydrogen-bond donors (Lipinski definition) is 3. The molecule has 2 bridgehead atoms. The van der Waals surface area contributed by atoms with Crippen LogP contribution < -0.4 is 5.73 Å². The predicted octanol–water partition coefficient (Wildman–Crippen LogP) is -0.101. The summed E-state index contributed by atoms with van der Waals surface area (Å²) in [6, 6.07) is 0. The Bertz CT molecular complexity index is 303. The summed E-state index contributed by atoms with van der Waals surface area (Å²) in [7, 11) is 0. The first-order valence-corrected chi connectivity index (χ1v) is 4.73. The molecule has 0 saturated heterocycles. The van der Waals surface area contributed by atoms with Crippen LogP contribution in [0, 0.1) is 17.8 Å². The molecule has 0 aromatic rings. The van der Waals surface area contributed by atoms with E-state index in [0.717, 1.165) is 6.42 Å². The van der Waals surface area contributed by atoms with E-state index in [1.54, 1.807) is 0 Å². The van der Waals surface area contributed by atoms with Crippen molar-refractivity contribution in [2.45, 2.75) is 24.8 Å². The average molecular weight is 199 g/mol. The second-order valence-electron chi connectivity index (χ2n) is 4.30. The van der Waals surface area contributed by atoms with Gasteiger partial charge in [-0.15, -0.1) is 0 Å². The first-order chi connectivity index (χ1) is 6.48. The standard InChI is InChI=1S/C9H13NO4/c10-9(8(13)14)4-1-2-6(9)5(3-4)7(11)12/h4-6H,1-3,10H2,(H,11,12)(H,13,14)/t4-,5+,6+,9-/m1/s1. The van der Waals surface area contributed by atoms with E-state index in [4.69, 9.17) is 15.9 Å². The van der Waals surface area contributed by atoms with Crippen molar-refractivity contribution < 1.29 is 19.8 Å². The van der Waals surface area contributed by atoms with E-state index in [9.17, 15) is 9.59 Å². The molecule has 2 aliphatic carbocycles. The first kappa shape index (κ1) is 9.45. The van der Waals surface area contributed by atoms with E-state index in [1.165, 1.54) is 0 Å². The minimum Gasteiger partial charge on any atom is -0.481 e. The van der Waals surface area contributed by atoms with Crippen LogP contribution in [0.4, 0.5) is 0 Å². The molecule has 0 aromatic carbocycles. The average Bonchev–Trinajstić information content (AvgIpc) is 2.58. The fourth-order valence-electron chi connectivity index (χ4n) is 3.09. The third-order valence-corrected chi connectivity index (χ3v) is 3.83. The van der Waals surface area contributed by atoms with Gasteiger partial charge in [-0.2, -0.15) is 0 Å². The van der Waals surface area contributed by atoms with Crippen molar-refractivity contribution in [3.8, 4) is 0 Å². The summed E-state index contributed by atoms with van der Waals surface area (Å²) < 4.78 is 0. The summed E-state index contributed by atoms with van der Waals surface area (Å²) >= 11 is 0. The highest BCUT2D eigenvalue weighted by Crippen LogP contribution is 2.54. The number of fused-ring (bicyclic) bond motifs is 2. The summed E-state index contributed by atoms with van der Waals surface area (Å²) in [4.78, 5) is 21.9. The van der Waals surface area contributed by atoms with Gasteiger partial charge in [-0.3, -0.25) is 9.59 Å². The lowest BCUT2D eigenvalue weighted by molar-refractivity contribution is -0.147. The molecule has 2 rings (SSSR count). The Balaban J connectivity index is 2.32. The molecule has 2 saturated carbocycles. The van der Waals surface area contributed by atoms with Gasteiger partial charge >= 0.3 is 11.9 Å². The van der Waals surface area contributed by atoms with Crippen molar-refractivity contribution in [3.63, 3.8) is 0 Å². The molecular weight excluding hydrogens is 186 g/mol. The van der Waals surface area contributed by atoms with Gasteiger partial charge in [0.1, 0.15) is 5.54 Å². The molecule has 0 unspecified atom stereocenters. The SMILES string of the molecule is N[C@]1(C(=O)O)[C@@H]2CC[C@H]1[C@@H](C(=O)O)C2. The number of rotatable bonds is 2. The maximum absolute atomic E-state index is 11.0. The van der Waals surface area contributed by atoms with E-state index in [-0.39, 0.29) is 11.8 Å². The Labute approximate surface area is 80.9 Å². The maximum atomic E-state index is 11.0. The van der Waals surface area contributed by atoms with E-state index < -0.39 is 23.4 Å². The molecule has 0 aromatic heterocycles. The van der Waals surface area contributed by atoms with Crippen molar-refractivity contribution >= 4 is 11.9 Å². The molecule has 2 aliphatic rings. The number of hydrogen-bond acceptors (Lipinski definition) is 3. The van der Waals surface area contributed by atoms with Gasteiger partial charge in [-0.25, -0.2) is 0 Å². The Morgan fingerprint density at radius 2 is 1.93 bits per heavy atom. The predicted molar refractivity (Wildman–Crippen MR) is 46.5 cm³/mol. The van der Waals surface area contributed by atoms with Crippen LogP contribution in [0.2, 0.25) is 0 Å². The first-order valence-electron chi connectivity index (χ1n) is 4.73. The molecule has 0 amide bonds. The lowest BCUT2D eigenvalue weighted by atomic mass is 9.85. The normalized spacial score (nSPS) is 45.4. The third kappa shape index (κ3) is 0.930. The summed E-state index contributed by atoms with van der Waals surface area (Å²) in [5, 5.41) is 17.9. The lowest BCUT2D eigenvalue weighted by Gasteiger charge is -2.24. The minimum atomic E-state index is -1.29. The molecule has 78 valence electrons. The number of carboxylic acids is 2. The van der Waals surface area contributed by atoms with Crippen molar-refractivity contribution in [2.75, 3.05) is 0 Å². The van der Waals surface area contributed by atoms with Crippen molar-refractivity contribution in [2.24, 2.45) is 23.5 Å². The molecule has 5 heteroatoms. The maximum Gasteiger partial charge on any atom is 0.324 e. The second-order valence-corrected chi connectivity index (χ2v) is 4.30. The van der Waals surface area contributed by atoms with Gasteiger partial charge in [-0.05, 0) is 25.2 Å². The lowest BCUT2D eigenvalue weighted by Crippen LogP contribution is -2.53. The van der Waals surface area contributed by atoms with Crippen LogP contribution in [0.1, 0.15) is 19.3 Å². The number of aliphatic carboxylic acids is 2. The van der Waals surface area contributed by atoms with Gasteiger partial charge in [-0.1, -0.05) is 0 Å². The number of carbonyl (C=O) groups is 2. The molecule has 0 aliphatic heterocycles. The van der Waals surface area contributed by atoms with Crippen LogP contribution in [0.5, 0.6) is 0 Å². The summed E-state index contributed by atoms with van der Waals surface area (Å²) in [5.74, 6) is -3.06. The van der Waals surface area contributed by atoms with Gasteiger partial charge in [0, 0.05) is 5.92 Å². The highest BCUT2D eigenvalue weighted by molar-refractivity contribution is 5.83. The Hall–Kier alpha value is -1.10. The minimum absolute atomic E-state index is 0.161. The quantitative estimate of drug-likeness (QED) is 0.576. The van der Waals surface area contributed by atoms with Crippen molar-refractivity contribution in [3.05, 3.63) is 0 Å². The van der Waals surface area contributed by atoms with Crippen LogP contribution in [0.15, 0.2) is 0 Å². The fourth-order valence-corrected chi connectivity index (χ4v) is 3.09. The van der Waals surface area contributed by atoms with Crippen LogP contribution in [-0.2, 0) is 9.59 Å². The van der Waals surface area contributed by atoms with Crippen LogP contribution in [0.3, 0.4) is 0 Å². The summed E-state index contributed by atoms with van der Waals surface area (Å²) in [5.41, 5.74) is 4.53. The van der Waals surface area contributed by atoms with E-state index >= 15 is 0 Å². The van der Waals surface area contributed by atoms with Gasteiger partial charge < -0.3 is 15.9 Å². The molecule has 0 heterocycles. The largest absolute Gasteiger partial charge is 0.481 e. The van der Waals surface area contributed by atoms with E-state index in [1.807, 2.05) is 0 Å². The topological polar surface area (TPSA) is 101 Å². The monoisotopic (exact) mass is 199 g/mol. The third-order valence-electron chi connectivity index (χ3n) is 3.83. The highest BCUT2D eigenvalue weighted by Gasteiger charge is 2.63. The zero-order chi connectivity index (χ0) is 10.5. The van der Waals surface area contributed by atoms with Gasteiger partial charge in [0.25, 0.3) is 0 Å². The smallest absolute Gasteiger partial charge is 0.324 e. The molecule has 0 spiro atoms. The van der Waals surface area contributed by atoms with Crippen LogP contribution in [0.25, 0.3) is 0 Å². The molecular formula is C9H13NO4. The van der Waals surface area contributed by atoms with Gasteiger partial charge in [0.2, 0.25) is 0 Å². The Morgan fingerprint density at radius 1 is 1.29 bits per heavy atom. The second kappa shape index (κ2) is 2.70. The summed E-state index contributed by atoms with van der Waals surface area (Å²) in [6.07, 6.45) is 1.80. The Kier molecular flexibility index (Phi) is 1.82. The zero-order valence-electron chi connectivity index (χ0n) is 7.64. The fraction of sp³-hybridized carbons (Fsp3) is 0.778. The summed E-state index contributed by atoms with van der Waals surface area (Å²) in [6.45, 7) is 0. The Morgan fingerprint density at radius 3 is 2.29 bits per heavy atom.